The number of nitrogens with one attached hydrogen (secondary N) is 2. The summed E-state index contributed by atoms with van der Waals surface area (Å²) in [4.78, 5) is 16.3. The topological polar surface area (TPSA) is 88.2 Å². The van der Waals surface area contributed by atoms with E-state index in [9.17, 15) is 13.2 Å². The number of hydrogen-bond acceptors (Lipinski definition) is 5. The smallest absolute Gasteiger partial charge is 0.292 e. The quantitative estimate of drug-likeness (QED) is 0.843. The molecule has 2 N–H and O–H groups in total. The minimum atomic E-state index is -3.93. The Morgan fingerprint density at radius 1 is 1.14 bits per heavy atom. The molecule has 2 amide bonds. The van der Waals surface area contributed by atoms with E-state index in [0.717, 1.165) is 0 Å². The average molecular weight is 323 g/mol. The number of anilines is 1. The third-order valence-electron chi connectivity index (χ3n) is 2.49. The van der Waals surface area contributed by atoms with Crippen molar-refractivity contribution in [2.75, 3.05) is 11.6 Å². The molecule has 110 valence electrons. The van der Waals surface area contributed by atoms with E-state index < -0.39 is 16.1 Å². The number of thioether (sulfide) groups is 1. The minimum absolute atomic E-state index is 0.0636. The number of aromatic nitrogens is 1. The Morgan fingerprint density at radius 2 is 1.86 bits per heavy atom. The Morgan fingerprint density at radius 3 is 2.52 bits per heavy atom. The van der Waals surface area contributed by atoms with Crippen LogP contribution in [-0.4, -0.2) is 25.7 Å². The summed E-state index contributed by atoms with van der Waals surface area (Å²) in [6.07, 6.45) is 3.26. The summed E-state index contributed by atoms with van der Waals surface area (Å²) in [5.41, 5.74) is 0. The lowest BCUT2D eigenvalue weighted by molar-refractivity contribution is 0.256. The van der Waals surface area contributed by atoms with Crippen LogP contribution in [0.25, 0.3) is 0 Å². The van der Waals surface area contributed by atoms with Crippen LogP contribution in [-0.2, 0) is 10.0 Å². The first-order valence-electron chi connectivity index (χ1n) is 5.91. The molecule has 0 saturated heterocycles. The highest BCUT2D eigenvalue weighted by molar-refractivity contribution is 7.99. The number of hydrogen-bond donors (Lipinski definition) is 2. The van der Waals surface area contributed by atoms with Crippen molar-refractivity contribution in [3.8, 4) is 0 Å². The van der Waals surface area contributed by atoms with Gasteiger partial charge in [-0.05, 0) is 30.5 Å². The van der Waals surface area contributed by atoms with Gasteiger partial charge in [0.25, 0.3) is 10.0 Å². The molecule has 2 aromatic rings. The lowest BCUT2D eigenvalue weighted by Crippen LogP contribution is -2.34. The van der Waals surface area contributed by atoms with Crippen LogP contribution in [0.3, 0.4) is 0 Å². The van der Waals surface area contributed by atoms with E-state index in [1.165, 1.54) is 24.0 Å². The van der Waals surface area contributed by atoms with Crippen LogP contribution >= 0.6 is 11.8 Å². The van der Waals surface area contributed by atoms with Crippen molar-refractivity contribution in [1.29, 1.82) is 0 Å². The number of nitrogens with zero attached hydrogens (tertiary/aromatic N) is 1. The molecule has 0 aliphatic heterocycles. The molecule has 8 heteroatoms. The summed E-state index contributed by atoms with van der Waals surface area (Å²) < 4.78 is 26.4. The van der Waals surface area contributed by atoms with E-state index in [0.29, 0.717) is 4.90 Å². The molecule has 21 heavy (non-hydrogen) atoms. The number of benzene rings is 1. The number of sulfonamides is 1. The molecule has 6 nitrogen and oxygen atoms in total. The standard InChI is InChI=1S/C13H13N3O3S2/c1-20-10-6-2-3-7-11(10)21(18,19)16-13(17)15-12-8-4-5-9-14-12/h2-9H,1H3,(H2,14,15,16,17). The lowest BCUT2D eigenvalue weighted by atomic mass is 10.4. The van der Waals surface area contributed by atoms with Crippen molar-refractivity contribution in [2.45, 2.75) is 9.79 Å². The summed E-state index contributed by atoms with van der Waals surface area (Å²) >= 11 is 1.29. The second-order valence-corrected chi connectivity index (χ2v) is 6.42. The van der Waals surface area contributed by atoms with E-state index in [1.54, 1.807) is 42.7 Å². The van der Waals surface area contributed by atoms with Crippen LogP contribution < -0.4 is 10.0 Å². The molecule has 1 aromatic heterocycles. The predicted octanol–water partition coefficient (Wildman–Crippen LogP) is 2.31. The second kappa shape index (κ2) is 6.59. The first kappa shape index (κ1) is 15.3. The second-order valence-electron chi connectivity index (χ2n) is 3.93. The molecule has 0 spiro atoms. The first-order valence-corrected chi connectivity index (χ1v) is 8.61. The molecule has 1 heterocycles. The van der Waals surface area contributed by atoms with Gasteiger partial charge in [-0.25, -0.2) is 22.9 Å². The Labute approximate surface area is 127 Å². The zero-order valence-electron chi connectivity index (χ0n) is 11.1. The normalized spacial score (nSPS) is 10.9. The van der Waals surface area contributed by atoms with E-state index in [4.69, 9.17) is 0 Å². The zero-order chi connectivity index (χ0) is 15.3. The van der Waals surface area contributed by atoms with E-state index in [1.807, 2.05) is 4.72 Å². The Balaban J connectivity index is 2.16. The fraction of sp³-hybridized carbons (Fsp3) is 0.0769. The van der Waals surface area contributed by atoms with Crippen LogP contribution in [0.4, 0.5) is 10.6 Å². The number of rotatable bonds is 4. The summed E-state index contributed by atoms with van der Waals surface area (Å²) in [6.45, 7) is 0. The van der Waals surface area contributed by atoms with Crippen molar-refractivity contribution >= 4 is 33.6 Å². The monoisotopic (exact) mass is 323 g/mol. The van der Waals surface area contributed by atoms with E-state index in [2.05, 4.69) is 10.3 Å². The van der Waals surface area contributed by atoms with E-state index >= 15 is 0 Å². The summed E-state index contributed by atoms with van der Waals surface area (Å²) in [5, 5.41) is 2.36. The van der Waals surface area contributed by atoms with Gasteiger partial charge in [-0.15, -0.1) is 11.8 Å². The largest absolute Gasteiger partial charge is 0.334 e. The molecule has 0 saturated carbocycles. The van der Waals surface area contributed by atoms with Gasteiger partial charge in [0.2, 0.25) is 0 Å². The van der Waals surface area contributed by atoms with Gasteiger partial charge in [0.1, 0.15) is 10.7 Å². The summed E-state index contributed by atoms with van der Waals surface area (Å²) in [6, 6.07) is 10.5. The Bertz CT molecular complexity index is 733. The maximum atomic E-state index is 12.2. The van der Waals surface area contributed by atoms with Crippen LogP contribution in [0.2, 0.25) is 0 Å². The van der Waals surface area contributed by atoms with Gasteiger partial charge in [-0.3, -0.25) is 5.32 Å². The van der Waals surface area contributed by atoms with Gasteiger partial charge in [-0.2, -0.15) is 0 Å². The highest BCUT2D eigenvalue weighted by Gasteiger charge is 2.20. The van der Waals surface area contributed by atoms with Crippen molar-refractivity contribution in [2.24, 2.45) is 0 Å². The van der Waals surface area contributed by atoms with Gasteiger partial charge >= 0.3 is 6.03 Å². The maximum absolute atomic E-state index is 12.2. The lowest BCUT2D eigenvalue weighted by Gasteiger charge is -2.10. The maximum Gasteiger partial charge on any atom is 0.334 e. The number of urea groups is 1. The third-order valence-corrected chi connectivity index (χ3v) is 4.81. The fourth-order valence-electron chi connectivity index (χ4n) is 1.60. The zero-order valence-corrected chi connectivity index (χ0v) is 12.7. The molecule has 0 radical (unpaired) electrons. The van der Waals surface area contributed by atoms with Crippen LogP contribution in [0.5, 0.6) is 0 Å². The van der Waals surface area contributed by atoms with Crippen LogP contribution in [0.15, 0.2) is 58.5 Å². The van der Waals surface area contributed by atoms with Gasteiger partial charge < -0.3 is 0 Å². The molecular weight excluding hydrogens is 310 g/mol. The van der Waals surface area contributed by atoms with Gasteiger partial charge in [0.15, 0.2) is 0 Å². The highest BCUT2D eigenvalue weighted by Crippen LogP contribution is 2.23. The van der Waals surface area contributed by atoms with Crippen molar-refractivity contribution in [1.82, 2.24) is 9.71 Å². The molecule has 0 atom stereocenters. The summed E-state index contributed by atoms with van der Waals surface area (Å²) in [7, 11) is -3.93. The number of carbonyl (C=O) groups is 1. The Hall–Kier alpha value is -2.06. The molecule has 1 aromatic carbocycles. The number of amides is 2. The first-order chi connectivity index (χ1) is 10.0. The number of carbonyl (C=O) groups excluding carboxylic acids is 1. The molecule has 0 fully saturated rings. The third kappa shape index (κ3) is 3.96. The highest BCUT2D eigenvalue weighted by atomic mass is 32.2. The van der Waals surface area contributed by atoms with Crippen molar-refractivity contribution in [3.63, 3.8) is 0 Å². The average Bonchev–Trinajstić information content (AvgIpc) is 2.47. The van der Waals surface area contributed by atoms with Gasteiger partial charge in [0, 0.05) is 11.1 Å². The van der Waals surface area contributed by atoms with Crippen molar-refractivity contribution in [3.05, 3.63) is 48.7 Å². The van der Waals surface area contributed by atoms with Crippen molar-refractivity contribution < 1.29 is 13.2 Å². The molecule has 2 rings (SSSR count). The molecular formula is C13H13N3O3S2. The van der Waals surface area contributed by atoms with Gasteiger partial charge in [-0.1, -0.05) is 18.2 Å². The fourth-order valence-corrected chi connectivity index (χ4v) is 3.66. The van der Waals surface area contributed by atoms with E-state index in [-0.39, 0.29) is 10.7 Å². The van der Waals surface area contributed by atoms with Gasteiger partial charge in [0.05, 0.1) is 0 Å². The number of pyridine rings is 1. The molecule has 0 aliphatic carbocycles. The molecule has 0 unspecified atom stereocenters. The minimum Gasteiger partial charge on any atom is -0.292 e. The Kier molecular flexibility index (Phi) is 4.81. The predicted molar refractivity (Wildman–Crippen MR) is 81.8 cm³/mol. The summed E-state index contributed by atoms with van der Waals surface area (Å²) in [5.74, 6) is 0.267. The molecule has 0 bridgehead atoms. The van der Waals surface area contributed by atoms with Crippen LogP contribution in [0.1, 0.15) is 0 Å². The molecule has 0 aliphatic rings. The SMILES string of the molecule is CSc1ccccc1S(=O)(=O)NC(=O)Nc1ccccn1. The van der Waals surface area contributed by atoms with Crippen LogP contribution in [0, 0.1) is 0 Å².